The van der Waals surface area contributed by atoms with Crippen molar-refractivity contribution in [1.82, 2.24) is 0 Å². The van der Waals surface area contributed by atoms with Gasteiger partial charge >= 0.3 is 82.9 Å². The number of aromatic amines is 2. The van der Waals surface area contributed by atoms with Crippen LogP contribution in [0.5, 0.6) is 0 Å². The molecule has 0 unspecified atom stereocenters. The van der Waals surface area contributed by atoms with Crippen molar-refractivity contribution in [3.05, 3.63) is 61.2 Å². The minimum Gasteiger partial charge on any atom is -0.218 e. The van der Waals surface area contributed by atoms with Gasteiger partial charge in [-0.25, -0.2) is 9.97 Å². The monoisotopic (exact) mass is 500 g/mol. The van der Waals surface area contributed by atoms with E-state index in [0.717, 1.165) is 0 Å². The molecule has 0 saturated heterocycles. The third kappa shape index (κ3) is 44.9. The molecule has 21 heavy (non-hydrogen) atoms. The summed E-state index contributed by atoms with van der Waals surface area (Å²) >= 11 is -2.67. The largest absolute Gasteiger partial charge is 0.218 e. The van der Waals surface area contributed by atoms with E-state index in [2.05, 4.69) is 9.97 Å². The van der Waals surface area contributed by atoms with Crippen molar-refractivity contribution >= 4 is 60.6 Å². The predicted octanol–water partition coefficient (Wildman–Crippen LogP) is 4.31. The van der Waals surface area contributed by atoms with Gasteiger partial charge < -0.3 is 5.48 Å². The minimum atomic E-state index is -1.33. The van der Waals surface area contributed by atoms with E-state index in [1.807, 2.05) is 61.2 Å². The van der Waals surface area contributed by atoms with Gasteiger partial charge in [0.15, 0.2) is 24.8 Å². The van der Waals surface area contributed by atoms with Crippen molar-refractivity contribution in [3.8, 4) is 0 Å². The van der Waals surface area contributed by atoms with Gasteiger partial charge in [-0.3, -0.25) is 0 Å². The number of rotatable bonds is 0. The van der Waals surface area contributed by atoms with Gasteiger partial charge in [0.25, 0.3) is 0 Å². The Labute approximate surface area is 158 Å². The molecule has 0 atom stereocenters. The fraction of sp³-hybridized carbons (Fsp3) is 0. The summed E-state index contributed by atoms with van der Waals surface area (Å²) in [7, 11) is 29.3. The van der Waals surface area contributed by atoms with Crippen LogP contribution in [0.2, 0.25) is 0 Å². The summed E-state index contributed by atoms with van der Waals surface area (Å²) in [6, 6.07) is 11.7. The predicted molar refractivity (Wildman–Crippen MR) is 84.7 cm³/mol. The first-order valence-corrected chi connectivity index (χ1v) is 13.7. The van der Waals surface area contributed by atoms with Crippen LogP contribution in [-0.2, 0) is 22.3 Å². The van der Waals surface area contributed by atoms with Gasteiger partial charge in [0.1, 0.15) is 0 Å². The molecular formula is C10H14Cl6Fe2N2O. The van der Waals surface area contributed by atoms with E-state index < -0.39 is 22.3 Å². The Morgan fingerprint density at radius 1 is 0.476 bits per heavy atom. The van der Waals surface area contributed by atoms with Crippen LogP contribution in [0.3, 0.4) is 0 Å². The van der Waals surface area contributed by atoms with Gasteiger partial charge in [-0.15, -0.1) is 0 Å². The standard InChI is InChI=1S/2C5H5N.6ClH.2Fe.H2O/c2*1-2-4-6-5-3-1;;;;;;;;;/h2*1-5H;6*1H;;;1H2/q;;;;;;;;2*+2;/p-4. The molecule has 4 N–H and O–H groups in total. The van der Waals surface area contributed by atoms with Crippen molar-refractivity contribution in [1.29, 1.82) is 0 Å². The number of hydrogen-bond acceptors (Lipinski definition) is 0. The molecule has 0 spiro atoms. The number of aromatic nitrogens is 2. The molecule has 0 aliphatic carbocycles. The minimum absolute atomic E-state index is 0. The summed E-state index contributed by atoms with van der Waals surface area (Å²) < 4.78 is 0. The van der Waals surface area contributed by atoms with Crippen LogP contribution in [0.1, 0.15) is 0 Å². The molecule has 0 bridgehead atoms. The number of pyridine rings is 2. The normalized spacial score (nSPS) is 8.86. The number of H-pyrrole nitrogens is 2. The van der Waals surface area contributed by atoms with Crippen molar-refractivity contribution in [3.63, 3.8) is 0 Å². The maximum Gasteiger partial charge on any atom is 0.166 e. The number of nitrogens with one attached hydrogen (secondary N) is 2. The smallest absolute Gasteiger partial charge is 0.166 e. The first-order valence-electron chi connectivity index (χ1n) is 4.62. The van der Waals surface area contributed by atoms with E-state index in [0.29, 0.717) is 0 Å². The van der Waals surface area contributed by atoms with E-state index in [-0.39, 0.29) is 5.48 Å². The Balaban J connectivity index is -0.000000208. The first-order chi connectivity index (χ1) is 9.46. The second-order valence-corrected chi connectivity index (χ2v) is 13.4. The molecule has 0 fully saturated rings. The van der Waals surface area contributed by atoms with Crippen LogP contribution in [-0.4, -0.2) is 5.48 Å². The topological polar surface area (TPSA) is 59.8 Å². The van der Waals surface area contributed by atoms with E-state index >= 15 is 0 Å². The van der Waals surface area contributed by atoms with Crippen molar-refractivity contribution < 1.29 is 37.8 Å². The Kier molecular flexibility index (Phi) is 29.9. The van der Waals surface area contributed by atoms with E-state index in [9.17, 15) is 0 Å². The van der Waals surface area contributed by atoms with Gasteiger partial charge in [0.05, 0.1) is 0 Å². The molecule has 0 saturated carbocycles. The molecule has 2 heterocycles. The number of hydrogen-bond donors (Lipinski definition) is 0. The summed E-state index contributed by atoms with van der Waals surface area (Å²) in [5, 5.41) is 0. The van der Waals surface area contributed by atoms with E-state index in [1.54, 1.807) is 0 Å². The van der Waals surface area contributed by atoms with Gasteiger partial charge in [-0.1, -0.05) is 12.1 Å². The molecule has 3 nitrogen and oxygen atoms in total. The van der Waals surface area contributed by atoms with Crippen molar-refractivity contribution in [2.45, 2.75) is 0 Å². The SMILES string of the molecule is O.[Cl][Fe-]([Cl])[Cl].[Cl][Fe-]([Cl])[Cl].c1cc[nH+]cc1.c1cc[nH+]cc1. The van der Waals surface area contributed by atoms with Crippen molar-refractivity contribution in [2.24, 2.45) is 0 Å². The van der Waals surface area contributed by atoms with Gasteiger partial charge in [-0.05, 0) is 0 Å². The molecule has 0 aromatic carbocycles. The fourth-order valence-corrected chi connectivity index (χ4v) is 0.684. The summed E-state index contributed by atoms with van der Waals surface area (Å²) in [6.45, 7) is 0. The average molecular weight is 503 g/mol. The molecule has 0 aliphatic rings. The Hall–Kier alpha value is 1.04. The summed E-state index contributed by atoms with van der Waals surface area (Å²) in [5.41, 5.74) is 0. The third-order valence-corrected chi connectivity index (χ3v) is 1.21. The Morgan fingerprint density at radius 3 is 0.714 bits per heavy atom. The molecule has 0 radical (unpaired) electrons. The van der Waals surface area contributed by atoms with Crippen LogP contribution >= 0.6 is 60.6 Å². The van der Waals surface area contributed by atoms with Crippen LogP contribution in [0.15, 0.2) is 61.2 Å². The molecular weight excluding hydrogens is 489 g/mol. The van der Waals surface area contributed by atoms with Gasteiger partial charge in [0.2, 0.25) is 0 Å². The molecule has 11 heteroatoms. The quantitative estimate of drug-likeness (QED) is 0.482. The second kappa shape index (κ2) is 23.3. The molecule has 0 aliphatic heterocycles. The van der Waals surface area contributed by atoms with Crippen LogP contribution < -0.4 is 9.97 Å². The average Bonchev–Trinajstić information content (AvgIpc) is 2.42. The molecule has 2 aromatic heterocycles. The maximum absolute atomic E-state index is 4.89. The van der Waals surface area contributed by atoms with Crippen LogP contribution in [0.25, 0.3) is 0 Å². The van der Waals surface area contributed by atoms with Crippen molar-refractivity contribution in [2.75, 3.05) is 0 Å². The third-order valence-electron chi connectivity index (χ3n) is 1.21. The van der Waals surface area contributed by atoms with Gasteiger partial charge in [-0.2, -0.15) is 0 Å². The molecule has 2 aromatic rings. The number of halogens is 6. The van der Waals surface area contributed by atoms with Crippen LogP contribution in [0.4, 0.5) is 0 Å². The second-order valence-electron chi connectivity index (χ2n) is 2.46. The summed E-state index contributed by atoms with van der Waals surface area (Å²) in [6.07, 6.45) is 7.50. The zero-order chi connectivity index (χ0) is 15.6. The van der Waals surface area contributed by atoms with E-state index in [1.165, 1.54) is 0 Å². The molecule has 0 amide bonds. The van der Waals surface area contributed by atoms with Gasteiger partial charge in [0, 0.05) is 24.3 Å². The summed E-state index contributed by atoms with van der Waals surface area (Å²) in [4.78, 5) is 5.78. The van der Waals surface area contributed by atoms with E-state index in [4.69, 9.17) is 60.6 Å². The molecule has 2 rings (SSSR count). The molecule has 128 valence electrons. The fourth-order valence-electron chi connectivity index (χ4n) is 0.684. The Bertz CT molecular complexity index is 278. The summed E-state index contributed by atoms with van der Waals surface area (Å²) in [5.74, 6) is 0. The Morgan fingerprint density at radius 2 is 0.667 bits per heavy atom. The first kappa shape index (κ1) is 26.9. The zero-order valence-corrected chi connectivity index (χ0v) is 17.0. The zero-order valence-electron chi connectivity index (χ0n) is 10.2. The van der Waals surface area contributed by atoms with Crippen LogP contribution in [0, 0.1) is 0 Å². The maximum atomic E-state index is 4.89.